The van der Waals surface area contributed by atoms with Crippen molar-refractivity contribution in [3.8, 4) is 0 Å². The minimum Gasteiger partial charge on any atom is -0.370 e. The zero-order chi connectivity index (χ0) is 16.9. The number of amides is 1. The molecule has 0 radical (unpaired) electrons. The topological polar surface area (TPSA) is 45.2 Å². The number of rotatable bonds is 3. The maximum atomic E-state index is 12.2. The number of carbonyl (C=O) groups excluding carboxylic acids is 1. The number of carbonyl (C=O) groups is 1. The van der Waals surface area contributed by atoms with Crippen LogP contribution in [0.4, 0.5) is 11.5 Å². The smallest absolute Gasteiger partial charge is 0.256 e. The summed E-state index contributed by atoms with van der Waals surface area (Å²) < 4.78 is 0. The zero-order valence-electron chi connectivity index (χ0n) is 13.3. The highest BCUT2D eigenvalue weighted by atomic mass is 35.5. The molecule has 0 bridgehead atoms. The Morgan fingerprint density at radius 3 is 2.38 bits per heavy atom. The van der Waals surface area contributed by atoms with Crippen molar-refractivity contribution < 1.29 is 4.79 Å². The number of aromatic nitrogens is 1. The third-order valence-corrected chi connectivity index (χ3v) is 4.88. The van der Waals surface area contributed by atoms with Crippen molar-refractivity contribution in [1.82, 2.24) is 4.98 Å². The molecule has 0 aliphatic carbocycles. The van der Waals surface area contributed by atoms with Gasteiger partial charge in [-0.15, -0.1) is 0 Å². The van der Waals surface area contributed by atoms with E-state index in [2.05, 4.69) is 15.2 Å². The highest BCUT2D eigenvalue weighted by molar-refractivity contribution is 6.42. The zero-order valence-corrected chi connectivity index (χ0v) is 14.8. The molecule has 24 heavy (non-hydrogen) atoms. The van der Waals surface area contributed by atoms with Crippen molar-refractivity contribution in [3.05, 3.63) is 52.1 Å². The standard InChI is InChI=1S/C18H19Cl2N3O/c19-15-7-5-13(11-16(15)20)18(24)22-17-8-6-14(12-21-17)23-9-3-1-2-4-10-23/h5-8,11-12H,1-4,9-10H2,(H,21,22,24). The van der Waals surface area contributed by atoms with Gasteiger partial charge in [-0.2, -0.15) is 0 Å². The van der Waals surface area contributed by atoms with Gasteiger partial charge in [0.15, 0.2) is 0 Å². The van der Waals surface area contributed by atoms with Crippen LogP contribution in [0.1, 0.15) is 36.0 Å². The second kappa shape index (κ2) is 7.86. The average molecular weight is 364 g/mol. The van der Waals surface area contributed by atoms with Gasteiger partial charge in [-0.3, -0.25) is 4.79 Å². The molecule has 0 atom stereocenters. The fourth-order valence-electron chi connectivity index (χ4n) is 2.80. The first-order chi connectivity index (χ1) is 11.6. The van der Waals surface area contributed by atoms with Crippen LogP contribution in [0.25, 0.3) is 0 Å². The van der Waals surface area contributed by atoms with Gasteiger partial charge < -0.3 is 10.2 Å². The number of hydrogen-bond donors (Lipinski definition) is 1. The summed E-state index contributed by atoms with van der Waals surface area (Å²) in [6.45, 7) is 2.13. The van der Waals surface area contributed by atoms with E-state index in [0.717, 1.165) is 18.8 Å². The van der Waals surface area contributed by atoms with Gasteiger partial charge in [0.1, 0.15) is 5.82 Å². The lowest BCUT2D eigenvalue weighted by Gasteiger charge is -2.22. The van der Waals surface area contributed by atoms with Crippen molar-refractivity contribution >= 4 is 40.6 Å². The molecule has 2 aromatic rings. The van der Waals surface area contributed by atoms with E-state index in [9.17, 15) is 4.79 Å². The van der Waals surface area contributed by atoms with E-state index in [1.165, 1.54) is 25.7 Å². The van der Waals surface area contributed by atoms with Crippen molar-refractivity contribution in [2.24, 2.45) is 0 Å². The Balaban J connectivity index is 1.67. The van der Waals surface area contributed by atoms with Gasteiger partial charge >= 0.3 is 0 Å². The quantitative estimate of drug-likeness (QED) is 0.832. The molecule has 6 heteroatoms. The largest absolute Gasteiger partial charge is 0.370 e. The Labute approximate surface area is 151 Å². The first-order valence-electron chi connectivity index (χ1n) is 8.11. The van der Waals surface area contributed by atoms with Crippen LogP contribution < -0.4 is 10.2 Å². The number of pyridine rings is 1. The van der Waals surface area contributed by atoms with Crippen LogP contribution in [0, 0.1) is 0 Å². The number of hydrogen-bond acceptors (Lipinski definition) is 3. The summed E-state index contributed by atoms with van der Waals surface area (Å²) in [6.07, 6.45) is 6.84. The van der Waals surface area contributed by atoms with Crippen molar-refractivity contribution in [2.75, 3.05) is 23.3 Å². The van der Waals surface area contributed by atoms with E-state index in [0.29, 0.717) is 21.4 Å². The van der Waals surface area contributed by atoms with Crippen molar-refractivity contribution in [3.63, 3.8) is 0 Å². The molecule has 3 rings (SSSR count). The Bertz CT molecular complexity index is 711. The molecule has 0 saturated carbocycles. The van der Waals surface area contributed by atoms with E-state index in [1.54, 1.807) is 18.2 Å². The van der Waals surface area contributed by atoms with Crippen molar-refractivity contribution in [2.45, 2.75) is 25.7 Å². The summed E-state index contributed by atoms with van der Waals surface area (Å²) in [7, 11) is 0. The molecule has 2 heterocycles. The number of nitrogens with zero attached hydrogens (tertiary/aromatic N) is 2. The maximum Gasteiger partial charge on any atom is 0.256 e. The molecule has 1 amide bonds. The Morgan fingerprint density at radius 1 is 1.00 bits per heavy atom. The summed E-state index contributed by atoms with van der Waals surface area (Å²) in [5.74, 6) is 0.258. The van der Waals surface area contributed by atoms with Crippen LogP contribution in [-0.2, 0) is 0 Å². The summed E-state index contributed by atoms with van der Waals surface area (Å²) in [6, 6.07) is 8.62. The van der Waals surface area contributed by atoms with Crippen LogP contribution in [0.15, 0.2) is 36.5 Å². The van der Waals surface area contributed by atoms with Gasteiger partial charge in [-0.25, -0.2) is 4.98 Å². The van der Waals surface area contributed by atoms with Crippen molar-refractivity contribution in [1.29, 1.82) is 0 Å². The average Bonchev–Trinajstić information content (AvgIpc) is 2.87. The molecule has 1 aliphatic rings. The second-order valence-corrected chi connectivity index (χ2v) is 6.70. The Morgan fingerprint density at radius 2 is 1.75 bits per heavy atom. The fraction of sp³-hybridized carbons (Fsp3) is 0.333. The number of anilines is 2. The molecular formula is C18H19Cl2N3O. The van der Waals surface area contributed by atoms with Gasteiger partial charge in [0.2, 0.25) is 0 Å². The van der Waals surface area contributed by atoms with Gasteiger partial charge in [0.05, 0.1) is 21.9 Å². The van der Waals surface area contributed by atoms with Crippen LogP contribution in [0.3, 0.4) is 0 Å². The lowest BCUT2D eigenvalue weighted by Crippen LogP contribution is -2.24. The number of halogens is 2. The number of benzene rings is 1. The summed E-state index contributed by atoms with van der Waals surface area (Å²) in [5, 5.41) is 3.56. The predicted octanol–water partition coefficient (Wildman–Crippen LogP) is 5.02. The third-order valence-electron chi connectivity index (χ3n) is 4.14. The molecular weight excluding hydrogens is 345 g/mol. The normalized spacial score (nSPS) is 15.0. The van der Waals surface area contributed by atoms with Crippen LogP contribution >= 0.6 is 23.2 Å². The Hall–Kier alpha value is -1.78. The minimum atomic E-state index is -0.261. The molecule has 1 saturated heterocycles. The van der Waals surface area contributed by atoms with E-state index in [-0.39, 0.29) is 5.91 Å². The van der Waals surface area contributed by atoms with E-state index < -0.39 is 0 Å². The molecule has 1 fully saturated rings. The molecule has 4 nitrogen and oxygen atoms in total. The molecule has 126 valence electrons. The first kappa shape index (κ1) is 17.1. The highest BCUT2D eigenvalue weighted by Gasteiger charge is 2.12. The molecule has 1 aromatic heterocycles. The monoisotopic (exact) mass is 363 g/mol. The summed E-state index contributed by atoms with van der Waals surface area (Å²) in [5.41, 5.74) is 1.55. The van der Waals surface area contributed by atoms with Crippen LogP contribution in [-0.4, -0.2) is 24.0 Å². The predicted molar refractivity (Wildman–Crippen MR) is 99.3 cm³/mol. The van der Waals surface area contributed by atoms with Gasteiger partial charge in [-0.1, -0.05) is 36.0 Å². The Kier molecular flexibility index (Phi) is 5.59. The molecule has 1 aliphatic heterocycles. The fourth-order valence-corrected chi connectivity index (χ4v) is 3.10. The highest BCUT2D eigenvalue weighted by Crippen LogP contribution is 2.23. The second-order valence-electron chi connectivity index (χ2n) is 5.89. The van der Waals surface area contributed by atoms with E-state index in [1.807, 2.05) is 18.3 Å². The SMILES string of the molecule is O=C(Nc1ccc(N2CCCCCC2)cn1)c1ccc(Cl)c(Cl)c1. The number of nitrogens with one attached hydrogen (secondary N) is 1. The molecule has 1 aromatic carbocycles. The summed E-state index contributed by atoms with van der Waals surface area (Å²) >= 11 is 11.8. The third kappa shape index (κ3) is 4.19. The lowest BCUT2D eigenvalue weighted by molar-refractivity contribution is 0.102. The van der Waals surface area contributed by atoms with E-state index in [4.69, 9.17) is 23.2 Å². The molecule has 0 spiro atoms. The minimum absolute atomic E-state index is 0.261. The van der Waals surface area contributed by atoms with Gasteiger partial charge in [0, 0.05) is 18.7 Å². The van der Waals surface area contributed by atoms with Gasteiger partial charge in [0.25, 0.3) is 5.91 Å². The molecule has 0 unspecified atom stereocenters. The maximum absolute atomic E-state index is 12.2. The van der Waals surface area contributed by atoms with Gasteiger partial charge in [-0.05, 0) is 43.2 Å². The van der Waals surface area contributed by atoms with Crippen LogP contribution in [0.2, 0.25) is 10.0 Å². The van der Waals surface area contributed by atoms with E-state index >= 15 is 0 Å². The van der Waals surface area contributed by atoms with Crippen LogP contribution in [0.5, 0.6) is 0 Å². The molecule has 1 N–H and O–H groups in total. The summed E-state index contributed by atoms with van der Waals surface area (Å²) in [4.78, 5) is 19.0. The lowest BCUT2D eigenvalue weighted by atomic mass is 10.2. The first-order valence-corrected chi connectivity index (χ1v) is 8.86.